The molecular weight excluding hydrogens is 599 g/mol. The molecule has 1 fully saturated rings. The quantitative estimate of drug-likeness (QED) is 0.150. The van der Waals surface area contributed by atoms with Crippen LogP contribution in [-0.4, -0.2) is 39.6 Å². The second-order valence-electron chi connectivity index (χ2n) is 12.6. The number of aromatic nitrogens is 2. The van der Waals surface area contributed by atoms with Gasteiger partial charge < -0.3 is 14.6 Å². The van der Waals surface area contributed by atoms with Crippen molar-refractivity contribution in [2.24, 2.45) is 0 Å². The number of carbonyl (C=O) groups is 3. The third kappa shape index (κ3) is 7.89. The second-order valence-corrected chi connectivity index (χ2v) is 12.6. The van der Waals surface area contributed by atoms with Gasteiger partial charge in [-0.2, -0.15) is 4.98 Å². The Morgan fingerprint density at radius 1 is 1.06 bits per heavy atom. The largest absolute Gasteiger partial charge is 0.444 e. The van der Waals surface area contributed by atoms with Crippen LogP contribution in [0.2, 0.25) is 0 Å². The van der Waals surface area contributed by atoms with Gasteiger partial charge in [-0.25, -0.2) is 9.18 Å². The highest BCUT2D eigenvalue weighted by Crippen LogP contribution is 2.28. The number of amides is 2. The normalized spacial score (nSPS) is 16.1. The van der Waals surface area contributed by atoms with Gasteiger partial charge in [-0.1, -0.05) is 55.4 Å². The maximum atomic E-state index is 15.3. The van der Waals surface area contributed by atoms with E-state index in [0.29, 0.717) is 22.7 Å². The Labute approximate surface area is 272 Å². The van der Waals surface area contributed by atoms with E-state index in [1.54, 1.807) is 57.2 Å². The summed E-state index contributed by atoms with van der Waals surface area (Å²) in [7, 11) is 0. The summed E-state index contributed by atoms with van der Waals surface area (Å²) in [6.45, 7) is 11.4. The van der Waals surface area contributed by atoms with Gasteiger partial charge in [0.2, 0.25) is 5.82 Å². The molecule has 9 nitrogen and oxygen atoms in total. The molecule has 1 saturated heterocycles. The smallest absolute Gasteiger partial charge is 0.412 e. The van der Waals surface area contributed by atoms with E-state index in [1.165, 1.54) is 17.7 Å². The fraction of sp³-hybridized carbons (Fsp3) is 0.270. The van der Waals surface area contributed by atoms with Gasteiger partial charge >= 0.3 is 6.09 Å². The highest BCUT2D eigenvalue weighted by molar-refractivity contribution is 6.27. The van der Waals surface area contributed by atoms with E-state index in [1.807, 2.05) is 37.3 Å². The number of nitrogens with one attached hydrogen (secondary N) is 2. The number of hydrogen-bond donors (Lipinski definition) is 2. The highest BCUT2D eigenvalue weighted by atomic mass is 19.1. The summed E-state index contributed by atoms with van der Waals surface area (Å²) in [5.41, 5.74) is 4.05. The van der Waals surface area contributed by atoms with Crippen molar-refractivity contribution < 1.29 is 28.0 Å². The third-order valence-electron chi connectivity index (χ3n) is 7.57. The molecule has 1 unspecified atom stereocenters. The molecule has 2 N–H and O–H groups in total. The minimum Gasteiger partial charge on any atom is -0.444 e. The molecule has 0 bridgehead atoms. The fourth-order valence-electron chi connectivity index (χ4n) is 5.10. The molecule has 5 rings (SSSR count). The Balaban J connectivity index is 1.25. The minimum absolute atomic E-state index is 0.0516. The average molecular weight is 637 g/mol. The summed E-state index contributed by atoms with van der Waals surface area (Å²) < 4.78 is 25.9. The maximum Gasteiger partial charge on any atom is 0.412 e. The van der Waals surface area contributed by atoms with Crippen LogP contribution in [0.25, 0.3) is 28.4 Å². The third-order valence-corrected chi connectivity index (χ3v) is 7.57. The average Bonchev–Trinajstić information content (AvgIpc) is 3.60. The monoisotopic (exact) mass is 636 g/mol. The molecule has 0 saturated carbocycles. The molecule has 4 aromatic rings. The molecule has 242 valence electrons. The van der Waals surface area contributed by atoms with Crippen molar-refractivity contribution in [3.8, 4) is 22.8 Å². The number of Topliss-reactive ketones (excluding diaryl/α,β-unsaturated/α-hetero) is 1. The number of anilines is 1. The predicted molar refractivity (Wildman–Crippen MR) is 178 cm³/mol. The molecule has 0 radical (unpaired) electrons. The molecule has 10 heteroatoms. The zero-order valence-corrected chi connectivity index (χ0v) is 27.2. The number of halogens is 1. The van der Waals surface area contributed by atoms with Gasteiger partial charge in [-0.3, -0.25) is 14.9 Å². The Morgan fingerprint density at radius 3 is 2.38 bits per heavy atom. The fourth-order valence-corrected chi connectivity index (χ4v) is 5.10. The van der Waals surface area contributed by atoms with Gasteiger partial charge in [0.1, 0.15) is 11.4 Å². The summed E-state index contributed by atoms with van der Waals surface area (Å²) in [5.74, 6) is -0.780. The molecule has 1 aliphatic heterocycles. The number of rotatable bonds is 8. The molecule has 1 aromatic heterocycles. The molecule has 2 amide bonds. The highest BCUT2D eigenvalue weighted by Gasteiger charge is 2.36. The lowest BCUT2D eigenvalue weighted by molar-refractivity contribution is -0.117. The summed E-state index contributed by atoms with van der Waals surface area (Å²) in [6, 6.07) is 18.4. The van der Waals surface area contributed by atoms with Crippen LogP contribution in [0, 0.1) is 5.82 Å². The first kappa shape index (κ1) is 33.0. The van der Waals surface area contributed by atoms with Crippen molar-refractivity contribution in [1.29, 1.82) is 0 Å². The number of hydrogen-bond acceptors (Lipinski definition) is 7. The van der Waals surface area contributed by atoms with Gasteiger partial charge in [0.25, 0.3) is 11.8 Å². The van der Waals surface area contributed by atoms with Crippen LogP contribution in [0.3, 0.4) is 0 Å². The molecule has 2 heterocycles. The zero-order valence-electron chi connectivity index (χ0n) is 27.2. The molecule has 0 spiro atoms. The Bertz CT molecular complexity index is 1870. The minimum atomic E-state index is -0.815. The maximum absolute atomic E-state index is 15.3. The van der Waals surface area contributed by atoms with Gasteiger partial charge in [0, 0.05) is 17.7 Å². The van der Waals surface area contributed by atoms with Crippen LogP contribution in [0.15, 0.2) is 89.0 Å². The lowest BCUT2D eigenvalue weighted by Gasteiger charge is -2.19. The molecule has 1 atom stereocenters. The lowest BCUT2D eigenvalue weighted by Crippen LogP contribution is -2.31. The Hall–Kier alpha value is -5.38. The first-order valence-corrected chi connectivity index (χ1v) is 15.4. The molecule has 0 aliphatic carbocycles. The molecule has 47 heavy (non-hydrogen) atoms. The van der Waals surface area contributed by atoms with Gasteiger partial charge in [-0.15, -0.1) is 0 Å². The van der Waals surface area contributed by atoms with E-state index in [4.69, 9.17) is 9.26 Å². The van der Waals surface area contributed by atoms with E-state index in [0.717, 1.165) is 11.1 Å². The molecule has 1 aliphatic rings. The van der Waals surface area contributed by atoms with E-state index >= 15 is 4.39 Å². The Kier molecular flexibility index (Phi) is 9.51. The zero-order chi connectivity index (χ0) is 33.9. The summed E-state index contributed by atoms with van der Waals surface area (Å²) >= 11 is 0. The summed E-state index contributed by atoms with van der Waals surface area (Å²) in [5, 5.41) is 9.33. The van der Waals surface area contributed by atoms with E-state index < -0.39 is 29.5 Å². The molecular formula is C37H37FN4O5. The number of carbonyl (C=O) groups excluding carboxylic acids is 3. The van der Waals surface area contributed by atoms with Crippen molar-refractivity contribution in [3.63, 3.8) is 0 Å². The summed E-state index contributed by atoms with van der Waals surface area (Å²) in [4.78, 5) is 42.4. The first-order valence-electron chi connectivity index (χ1n) is 15.4. The van der Waals surface area contributed by atoms with Crippen LogP contribution in [-0.2, 0) is 20.7 Å². The molecule has 3 aromatic carbocycles. The predicted octanol–water partition coefficient (Wildman–Crippen LogP) is 7.65. The topological polar surface area (TPSA) is 123 Å². The number of ether oxygens (including phenoxy) is 1. The van der Waals surface area contributed by atoms with Crippen molar-refractivity contribution in [2.45, 2.75) is 65.5 Å². The number of benzene rings is 3. The van der Waals surface area contributed by atoms with E-state index in [9.17, 15) is 14.4 Å². The number of nitrogens with zero attached hydrogens (tertiary/aromatic N) is 2. The van der Waals surface area contributed by atoms with Crippen molar-refractivity contribution in [3.05, 3.63) is 107 Å². The Morgan fingerprint density at radius 2 is 1.77 bits per heavy atom. The lowest BCUT2D eigenvalue weighted by atomic mass is 9.95. The van der Waals surface area contributed by atoms with Gasteiger partial charge in [-0.05, 0) is 98.4 Å². The van der Waals surface area contributed by atoms with Crippen LogP contribution in [0.1, 0.15) is 64.2 Å². The van der Waals surface area contributed by atoms with Crippen molar-refractivity contribution in [1.82, 2.24) is 15.5 Å². The first-order chi connectivity index (χ1) is 22.3. The SMILES string of the molecule is C/C=C(\C=C1\C(=O)NC(Cc2ccc(-c3noc(-c4ccc(NC(=O)OC(C)(C)C)cc4)n3)c(F)c2)C1=O)c1ccc(C(C)C)cc1. The van der Waals surface area contributed by atoms with Crippen LogP contribution < -0.4 is 10.6 Å². The number of allylic oxidation sites excluding steroid dienone is 3. The second kappa shape index (κ2) is 13.5. The van der Waals surface area contributed by atoms with Crippen molar-refractivity contribution in [2.75, 3.05) is 5.32 Å². The van der Waals surface area contributed by atoms with E-state index in [2.05, 4.69) is 34.6 Å². The van der Waals surface area contributed by atoms with Gasteiger partial charge in [0.05, 0.1) is 17.2 Å². The standard InChI is InChI=1S/C37H37FN4O5/c1-7-23(25-11-9-24(10-12-25)21(2)3)20-29-32(43)31(40-34(29)44)19-22-8-17-28(30(38)18-22)33-41-35(47-42-33)26-13-15-27(16-14-26)39-36(45)46-37(4,5)6/h7-18,20-21,31H,19H2,1-6H3,(H,39,45)(H,40,44)/b23-7+,29-20+. The number of ketones is 1. The van der Waals surface area contributed by atoms with E-state index in [-0.39, 0.29) is 35.1 Å². The van der Waals surface area contributed by atoms with Crippen molar-refractivity contribution >= 4 is 29.0 Å². The van der Waals surface area contributed by atoms with Crippen LogP contribution in [0.4, 0.5) is 14.9 Å². The van der Waals surface area contributed by atoms with Gasteiger partial charge in [0.15, 0.2) is 5.78 Å². The van der Waals surface area contributed by atoms with Crippen LogP contribution in [0.5, 0.6) is 0 Å². The van der Waals surface area contributed by atoms with Crippen LogP contribution >= 0.6 is 0 Å². The summed E-state index contributed by atoms with van der Waals surface area (Å²) in [6.07, 6.45) is 3.02.